The normalized spacial score (nSPS) is 11.9. The summed E-state index contributed by atoms with van der Waals surface area (Å²) in [5.74, 6) is -0.139. The van der Waals surface area contributed by atoms with Gasteiger partial charge in [-0.1, -0.05) is 48.0 Å². The fraction of sp³-hybridized carbons (Fsp3) is 0.150. The first-order chi connectivity index (χ1) is 12.9. The molecule has 0 spiro atoms. The van der Waals surface area contributed by atoms with Crippen LogP contribution in [0.5, 0.6) is 5.88 Å². The minimum atomic E-state index is -4.68. The summed E-state index contributed by atoms with van der Waals surface area (Å²) in [6.45, 7) is 1.90. The average molecular weight is 369 g/mol. The molecule has 0 unspecified atom stereocenters. The smallest absolute Gasteiger partial charge is 0.434 e. The van der Waals surface area contributed by atoms with Gasteiger partial charge in [-0.3, -0.25) is 0 Å². The summed E-state index contributed by atoms with van der Waals surface area (Å²) >= 11 is 0. The van der Waals surface area contributed by atoms with E-state index in [2.05, 4.69) is 15.0 Å². The van der Waals surface area contributed by atoms with Gasteiger partial charge in [0.2, 0.25) is 5.88 Å². The predicted molar refractivity (Wildman–Crippen MR) is 96.6 cm³/mol. The third-order valence-electron chi connectivity index (χ3n) is 4.28. The Hall–Kier alpha value is -3.22. The molecule has 0 bridgehead atoms. The molecule has 4 aromatic rings. The molecule has 0 aliphatic heterocycles. The Morgan fingerprint density at radius 1 is 0.889 bits per heavy atom. The average Bonchev–Trinajstić information content (AvgIpc) is 2.66. The number of fused-ring (bicyclic) bond motifs is 3. The van der Waals surface area contributed by atoms with Crippen LogP contribution >= 0.6 is 0 Å². The molecular formula is C20H14F3N3O. The molecule has 0 aliphatic carbocycles. The fourth-order valence-electron chi connectivity index (χ4n) is 2.98. The molecule has 4 rings (SSSR count). The summed E-state index contributed by atoms with van der Waals surface area (Å²) < 4.78 is 46.6. The molecule has 0 N–H and O–H groups in total. The Labute approximate surface area is 152 Å². The van der Waals surface area contributed by atoms with Gasteiger partial charge < -0.3 is 4.74 Å². The Balaban J connectivity index is 2.17. The second kappa shape index (κ2) is 6.19. The van der Waals surface area contributed by atoms with Crippen LogP contribution in [0.25, 0.3) is 33.2 Å². The van der Waals surface area contributed by atoms with Crippen molar-refractivity contribution in [1.29, 1.82) is 0 Å². The fourth-order valence-corrected chi connectivity index (χ4v) is 2.98. The highest BCUT2D eigenvalue weighted by Gasteiger charge is 2.37. The van der Waals surface area contributed by atoms with Gasteiger partial charge in [-0.05, 0) is 13.0 Å². The molecule has 27 heavy (non-hydrogen) atoms. The van der Waals surface area contributed by atoms with Crippen LogP contribution < -0.4 is 4.74 Å². The lowest BCUT2D eigenvalue weighted by Gasteiger charge is -2.15. The number of ether oxygens (including phenoxy) is 1. The van der Waals surface area contributed by atoms with Crippen LogP contribution in [0, 0.1) is 6.92 Å². The van der Waals surface area contributed by atoms with E-state index in [4.69, 9.17) is 4.74 Å². The first-order valence-corrected chi connectivity index (χ1v) is 8.17. The number of pyridine rings is 1. The number of hydrogen-bond acceptors (Lipinski definition) is 4. The van der Waals surface area contributed by atoms with Gasteiger partial charge in [0.1, 0.15) is 0 Å². The summed E-state index contributed by atoms with van der Waals surface area (Å²) in [5.41, 5.74) is 1.11. The molecule has 136 valence electrons. The number of aromatic nitrogens is 3. The number of aryl methyl sites for hydroxylation is 1. The highest BCUT2D eigenvalue weighted by atomic mass is 19.4. The number of alkyl halides is 3. The summed E-state index contributed by atoms with van der Waals surface area (Å²) in [7, 11) is 1.28. The third kappa shape index (κ3) is 2.95. The van der Waals surface area contributed by atoms with Crippen molar-refractivity contribution in [1.82, 2.24) is 15.0 Å². The maximum atomic E-state index is 13.8. The minimum Gasteiger partial charge on any atom is -0.480 e. The largest absolute Gasteiger partial charge is 0.480 e. The molecule has 0 amide bonds. The Kier molecular flexibility index (Phi) is 3.95. The number of nitrogens with zero attached hydrogens (tertiary/aromatic N) is 3. The van der Waals surface area contributed by atoms with E-state index in [0.717, 1.165) is 5.56 Å². The number of para-hydroxylation sites is 1. The molecule has 0 aliphatic rings. The van der Waals surface area contributed by atoms with Gasteiger partial charge in [0.05, 0.1) is 23.5 Å². The van der Waals surface area contributed by atoms with Crippen molar-refractivity contribution in [2.24, 2.45) is 0 Å². The minimum absolute atomic E-state index is 0.00762. The van der Waals surface area contributed by atoms with Crippen LogP contribution in [-0.4, -0.2) is 22.1 Å². The molecule has 4 nitrogen and oxygen atoms in total. The number of rotatable bonds is 2. The maximum absolute atomic E-state index is 13.8. The standard InChI is InChI=1S/C20H14F3N3O/c1-11-7-9-12(10-8-11)18-25-16-13-5-3-4-6-14(13)24-19(27-2)15(16)17(26-18)20(21,22)23/h3-10H,1-2H3. The van der Waals surface area contributed by atoms with E-state index in [9.17, 15) is 13.2 Å². The quantitative estimate of drug-likeness (QED) is 0.457. The number of hydrogen-bond donors (Lipinski definition) is 0. The lowest BCUT2D eigenvalue weighted by molar-refractivity contribution is -0.139. The summed E-state index contributed by atoms with van der Waals surface area (Å²) in [5, 5.41) is 0.272. The SMILES string of the molecule is COc1nc2ccccc2c2nc(-c3ccc(C)cc3)nc(C(F)(F)F)c12. The molecule has 2 heterocycles. The van der Waals surface area contributed by atoms with Gasteiger partial charge >= 0.3 is 6.18 Å². The zero-order valence-electron chi connectivity index (χ0n) is 14.5. The number of halogens is 3. The van der Waals surface area contributed by atoms with Gasteiger partial charge in [0.15, 0.2) is 11.5 Å². The first kappa shape index (κ1) is 17.2. The monoisotopic (exact) mass is 369 g/mol. The molecule has 2 aromatic heterocycles. The van der Waals surface area contributed by atoms with E-state index in [1.54, 1.807) is 48.5 Å². The van der Waals surface area contributed by atoms with Gasteiger partial charge in [0, 0.05) is 10.9 Å². The third-order valence-corrected chi connectivity index (χ3v) is 4.28. The highest BCUT2D eigenvalue weighted by Crippen LogP contribution is 2.40. The first-order valence-electron chi connectivity index (χ1n) is 8.17. The second-order valence-electron chi connectivity index (χ2n) is 6.12. The number of methoxy groups -OCH3 is 1. The molecule has 0 saturated carbocycles. The van der Waals surface area contributed by atoms with Crippen LogP contribution in [0.4, 0.5) is 13.2 Å². The molecule has 0 atom stereocenters. The molecular weight excluding hydrogens is 355 g/mol. The summed E-state index contributed by atoms with van der Waals surface area (Å²) in [6, 6.07) is 13.9. The zero-order chi connectivity index (χ0) is 19.2. The van der Waals surface area contributed by atoms with Crippen molar-refractivity contribution in [3.8, 4) is 17.3 Å². The number of benzene rings is 2. The highest BCUT2D eigenvalue weighted by molar-refractivity contribution is 6.06. The van der Waals surface area contributed by atoms with E-state index in [1.165, 1.54) is 7.11 Å². The Bertz CT molecular complexity index is 1160. The van der Waals surface area contributed by atoms with E-state index in [1.807, 2.05) is 6.92 Å². The van der Waals surface area contributed by atoms with Crippen LogP contribution in [0.15, 0.2) is 48.5 Å². The van der Waals surface area contributed by atoms with Crippen molar-refractivity contribution in [3.63, 3.8) is 0 Å². The molecule has 0 fully saturated rings. The topological polar surface area (TPSA) is 47.9 Å². The zero-order valence-corrected chi connectivity index (χ0v) is 14.5. The van der Waals surface area contributed by atoms with Crippen molar-refractivity contribution < 1.29 is 17.9 Å². The van der Waals surface area contributed by atoms with Crippen LogP contribution in [0.2, 0.25) is 0 Å². The summed E-state index contributed by atoms with van der Waals surface area (Å²) in [4.78, 5) is 12.5. The van der Waals surface area contributed by atoms with Crippen LogP contribution in [0.3, 0.4) is 0 Å². The van der Waals surface area contributed by atoms with Crippen molar-refractivity contribution in [2.75, 3.05) is 7.11 Å². The van der Waals surface area contributed by atoms with E-state index < -0.39 is 11.9 Å². The van der Waals surface area contributed by atoms with E-state index in [0.29, 0.717) is 16.5 Å². The molecule has 0 radical (unpaired) electrons. The second-order valence-corrected chi connectivity index (χ2v) is 6.12. The van der Waals surface area contributed by atoms with Crippen LogP contribution in [0.1, 0.15) is 11.3 Å². The molecule has 0 saturated heterocycles. The predicted octanol–water partition coefficient (Wildman–Crippen LogP) is 5.18. The Morgan fingerprint density at radius 2 is 1.59 bits per heavy atom. The Morgan fingerprint density at radius 3 is 2.26 bits per heavy atom. The van der Waals surface area contributed by atoms with Crippen molar-refractivity contribution in [2.45, 2.75) is 13.1 Å². The lowest BCUT2D eigenvalue weighted by Crippen LogP contribution is -2.12. The van der Waals surface area contributed by atoms with Gasteiger partial charge in [0.25, 0.3) is 0 Å². The van der Waals surface area contributed by atoms with Gasteiger partial charge in [-0.15, -0.1) is 0 Å². The van der Waals surface area contributed by atoms with Crippen LogP contribution in [-0.2, 0) is 6.18 Å². The van der Waals surface area contributed by atoms with E-state index in [-0.39, 0.29) is 22.6 Å². The molecule has 2 aromatic carbocycles. The van der Waals surface area contributed by atoms with Gasteiger partial charge in [-0.2, -0.15) is 13.2 Å². The van der Waals surface area contributed by atoms with Crippen molar-refractivity contribution in [3.05, 3.63) is 59.8 Å². The summed E-state index contributed by atoms with van der Waals surface area (Å²) in [6.07, 6.45) is -4.68. The van der Waals surface area contributed by atoms with Gasteiger partial charge in [-0.25, -0.2) is 15.0 Å². The molecule has 7 heteroatoms. The maximum Gasteiger partial charge on any atom is 0.434 e. The lowest BCUT2D eigenvalue weighted by atomic mass is 10.1. The van der Waals surface area contributed by atoms with E-state index >= 15 is 0 Å². The van der Waals surface area contributed by atoms with Crippen molar-refractivity contribution >= 4 is 21.8 Å².